The minimum absolute atomic E-state index is 0. The van der Waals surface area contributed by atoms with Gasteiger partial charge in [0, 0.05) is 57.7 Å². The van der Waals surface area contributed by atoms with Crippen molar-refractivity contribution in [3.8, 4) is 39.5 Å². The summed E-state index contributed by atoms with van der Waals surface area (Å²) in [5.74, 6) is 1.58. The Morgan fingerprint density at radius 3 is 2.05 bits per heavy atom. The molecule has 367 valence electrons. The van der Waals surface area contributed by atoms with E-state index in [0.717, 1.165) is 66.2 Å². The van der Waals surface area contributed by atoms with Crippen LogP contribution in [0.25, 0.3) is 105 Å². The van der Waals surface area contributed by atoms with E-state index >= 15 is 0 Å². The van der Waals surface area contributed by atoms with Crippen molar-refractivity contribution in [2.24, 2.45) is 0 Å². The third kappa shape index (κ3) is 8.98. The molecule has 0 amide bonds. The maximum atomic E-state index is 8.70. The molecule has 0 saturated carbocycles. The molecule has 0 bridgehead atoms. The summed E-state index contributed by atoms with van der Waals surface area (Å²) >= 11 is 0. The molecule has 73 heavy (non-hydrogen) atoms. The van der Waals surface area contributed by atoms with Crippen molar-refractivity contribution in [1.82, 2.24) is 19.5 Å². The van der Waals surface area contributed by atoms with Gasteiger partial charge in [-0.05, 0) is 104 Å². The summed E-state index contributed by atoms with van der Waals surface area (Å²) in [6.07, 6.45) is 1.87. The molecule has 4 heterocycles. The molecule has 6 nitrogen and oxygen atoms in total. The minimum Gasteiger partial charge on any atom is -0.501 e. The molecule has 1 radical (unpaired) electrons. The fourth-order valence-corrected chi connectivity index (χ4v) is 9.96. The summed E-state index contributed by atoms with van der Waals surface area (Å²) in [6, 6.07) is 56.1. The molecule has 0 saturated heterocycles. The fourth-order valence-electron chi connectivity index (χ4n) is 9.96. The first-order valence-electron chi connectivity index (χ1n) is 26.5. The number of hydrogen-bond donors (Lipinski definition) is 0. The van der Waals surface area contributed by atoms with Gasteiger partial charge in [-0.1, -0.05) is 160 Å². The zero-order valence-electron chi connectivity index (χ0n) is 46.0. The van der Waals surface area contributed by atoms with Gasteiger partial charge in [0.2, 0.25) is 5.89 Å². The van der Waals surface area contributed by atoms with E-state index in [1.165, 1.54) is 16.7 Å². The van der Waals surface area contributed by atoms with Crippen molar-refractivity contribution in [3.05, 3.63) is 192 Å². The third-order valence-corrected chi connectivity index (χ3v) is 13.8. The molecule has 0 spiro atoms. The van der Waals surface area contributed by atoms with Gasteiger partial charge in [0.1, 0.15) is 11.1 Å². The summed E-state index contributed by atoms with van der Waals surface area (Å²) in [6.45, 7) is 19.4. The normalized spacial score (nSPS) is 13.0. The standard InChI is InChI=1S/C51H44N3O2.C15H16N.Ir/c1-28(2)37-25-34(31-14-10-9-11-15-31)26-38(29(3)4)46(37)54-47-35-17-13-12-16-32(35)19-22-41(47)52-49(54)36-21-18-30(5)44-40-24-33-20-23-42-45(53-50(56-42)51(6,7)8)39(33)27-43(40)55-48(36)44;1-15(2,3)13-9-10-16-14(11-13)12-7-5-4-6-8-12;/h9-20,22-29H,1-8H3;4-7,9-11H,1-3H3;/q2*-1;/i5D3;;. The predicted octanol–water partition coefficient (Wildman–Crippen LogP) is 18.2. The second-order valence-electron chi connectivity index (χ2n) is 21.7. The SMILES string of the molecule is CC(C)(C)c1ccnc(-c2[c-]cccc2)c1.[2H]C([2H])([2H])c1c[c-]c(-c2nc3ccc4ccccc4c3n2-c2c(C(C)C)cc(-c3ccccc3)cc2C(C)C)c2oc3cc4c(ccc5oc(C(C)(C)C)nc54)cc3c12.[Ir]. The van der Waals surface area contributed by atoms with Gasteiger partial charge in [-0.15, -0.1) is 53.6 Å². The van der Waals surface area contributed by atoms with Crippen LogP contribution in [0.2, 0.25) is 0 Å². The van der Waals surface area contributed by atoms with Gasteiger partial charge >= 0.3 is 0 Å². The topological polar surface area (TPSA) is 69.9 Å². The Labute approximate surface area is 446 Å². The summed E-state index contributed by atoms with van der Waals surface area (Å²) in [7, 11) is 0. The van der Waals surface area contributed by atoms with E-state index < -0.39 is 6.85 Å². The largest absolute Gasteiger partial charge is 0.501 e. The van der Waals surface area contributed by atoms with Gasteiger partial charge in [0.15, 0.2) is 5.58 Å². The molecule has 0 aliphatic heterocycles. The molecule has 0 N–H and O–H groups in total. The molecule has 12 rings (SSSR count). The number of pyridine rings is 1. The number of nitrogens with zero attached hydrogens (tertiary/aromatic N) is 4. The van der Waals surface area contributed by atoms with E-state index in [9.17, 15) is 0 Å². The van der Waals surface area contributed by atoms with Crippen molar-refractivity contribution < 1.29 is 33.1 Å². The minimum atomic E-state index is -2.43. The third-order valence-electron chi connectivity index (χ3n) is 13.8. The number of aromatic nitrogens is 4. The fraction of sp³-hybridized carbons (Fsp3) is 0.227. The molecular weight excluding hydrogens is 1070 g/mol. The molecule has 0 unspecified atom stereocenters. The number of furan rings is 1. The first kappa shape index (κ1) is 45.7. The van der Waals surface area contributed by atoms with Crippen LogP contribution in [-0.2, 0) is 30.9 Å². The number of oxazole rings is 1. The number of rotatable bonds is 6. The number of fused-ring (bicyclic) bond motifs is 9. The van der Waals surface area contributed by atoms with Crippen molar-refractivity contribution in [1.29, 1.82) is 0 Å². The first-order chi connectivity index (χ1) is 35.7. The van der Waals surface area contributed by atoms with Crippen LogP contribution in [0.15, 0.2) is 161 Å². The Hall–Kier alpha value is -7.18. The molecular formula is C66H60IrN4O2-2. The van der Waals surface area contributed by atoms with Crippen LogP contribution < -0.4 is 0 Å². The van der Waals surface area contributed by atoms with E-state index in [1.807, 2.05) is 60.8 Å². The van der Waals surface area contributed by atoms with E-state index in [0.29, 0.717) is 44.8 Å². The average Bonchev–Trinajstić information content (AvgIpc) is 4.12. The van der Waals surface area contributed by atoms with Crippen molar-refractivity contribution in [2.75, 3.05) is 0 Å². The Morgan fingerprint density at radius 2 is 1.36 bits per heavy atom. The molecule has 0 fully saturated rings. The zero-order valence-corrected chi connectivity index (χ0v) is 45.4. The molecule has 0 aliphatic rings. The number of imidazole rings is 1. The second kappa shape index (κ2) is 19.0. The van der Waals surface area contributed by atoms with Gasteiger partial charge in [-0.25, -0.2) is 4.98 Å². The van der Waals surface area contributed by atoms with Crippen LogP contribution in [0.4, 0.5) is 0 Å². The van der Waals surface area contributed by atoms with E-state index in [2.05, 4.69) is 176 Å². The number of aryl methyl sites for hydroxylation is 1. The van der Waals surface area contributed by atoms with Gasteiger partial charge < -0.3 is 18.4 Å². The van der Waals surface area contributed by atoms with Gasteiger partial charge in [-0.2, -0.15) is 0 Å². The van der Waals surface area contributed by atoms with Crippen LogP contribution in [0.5, 0.6) is 0 Å². The number of hydrogen-bond acceptors (Lipinski definition) is 5. The summed E-state index contributed by atoms with van der Waals surface area (Å²) in [5.41, 5.74) is 13.9. The molecule has 7 heteroatoms. The Kier molecular flexibility index (Phi) is 11.9. The van der Waals surface area contributed by atoms with E-state index in [1.54, 1.807) is 6.07 Å². The quantitative estimate of drug-likeness (QED) is 0.155. The summed E-state index contributed by atoms with van der Waals surface area (Å²) in [5, 5.41) is 5.18. The predicted molar refractivity (Wildman–Crippen MR) is 299 cm³/mol. The van der Waals surface area contributed by atoms with Crippen molar-refractivity contribution >= 4 is 65.6 Å². The van der Waals surface area contributed by atoms with Crippen LogP contribution >= 0.6 is 0 Å². The second-order valence-corrected chi connectivity index (χ2v) is 21.7. The van der Waals surface area contributed by atoms with Crippen LogP contribution in [-0.4, -0.2) is 19.5 Å². The smallest absolute Gasteiger partial charge is 0.200 e. The van der Waals surface area contributed by atoms with Crippen molar-refractivity contribution in [3.63, 3.8) is 0 Å². The van der Waals surface area contributed by atoms with E-state index in [-0.39, 0.29) is 48.3 Å². The molecule has 8 aromatic carbocycles. The molecule has 12 aromatic rings. The van der Waals surface area contributed by atoms with Crippen LogP contribution in [0.1, 0.15) is 113 Å². The van der Waals surface area contributed by atoms with Crippen LogP contribution in [0, 0.1) is 19.0 Å². The van der Waals surface area contributed by atoms with Crippen molar-refractivity contribution in [2.45, 2.75) is 98.8 Å². The molecule has 0 aliphatic carbocycles. The Balaban J connectivity index is 0.000000331. The van der Waals surface area contributed by atoms with Gasteiger partial charge in [0.25, 0.3) is 0 Å². The first-order valence-corrected chi connectivity index (χ1v) is 25.0. The molecule has 4 aromatic heterocycles. The maximum Gasteiger partial charge on any atom is 0.200 e. The summed E-state index contributed by atoms with van der Waals surface area (Å²) < 4.78 is 41.5. The van der Waals surface area contributed by atoms with Gasteiger partial charge in [-0.3, -0.25) is 4.98 Å². The monoisotopic (exact) mass is 1140 g/mol. The number of benzene rings is 8. The van der Waals surface area contributed by atoms with E-state index in [4.69, 9.17) is 22.9 Å². The zero-order chi connectivity index (χ0) is 52.7. The Morgan fingerprint density at radius 1 is 0.630 bits per heavy atom. The van der Waals surface area contributed by atoms with Gasteiger partial charge in [0.05, 0.1) is 22.4 Å². The Bertz CT molecular complexity index is 4110. The van der Waals surface area contributed by atoms with Crippen LogP contribution in [0.3, 0.4) is 0 Å². The summed E-state index contributed by atoms with van der Waals surface area (Å²) in [4.78, 5) is 14.8. The average molecular weight is 1140 g/mol. The molecule has 0 atom stereocenters. The maximum absolute atomic E-state index is 8.70.